The molecule has 2 aromatic heterocycles. The lowest BCUT2D eigenvalue weighted by molar-refractivity contribution is 0.103. The topological polar surface area (TPSA) is 42.0 Å². The van der Waals surface area contributed by atoms with Gasteiger partial charge in [0.15, 0.2) is 0 Å². The molecule has 1 N–H and O–H groups in total. The summed E-state index contributed by atoms with van der Waals surface area (Å²) < 4.78 is 0. The Hall–Kier alpha value is -1.20. The van der Waals surface area contributed by atoms with Crippen molar-refractivity contribution in [3.8, 4) is 0 Å². The largest absolute Gasteiger partial charge is 0.320 e. The van der Waals surface area contributed by atoms with E-state index in [0.717, 1.165) is 29.2 Å². The number of amides is 1. The van der Waals surface area contributed by atoms with Crippen LogP contribution in [-0.2, 0) is 6.42 Å². The molecule has 5 heteroatoms. The van der Waals surface area contributed by atoms with Gasteiger partial charge >= 0.3 is 0 Å². The van der Waals surface area contributed by atoms with Crippen LogP contribution in [0.3, 0.4) is 0 Å². The molecule has 2 heterocycles. The SMILES string of the molecule is Cc1nc(C)c(C(=O)Nc2ccsc2CCC(C)C)s1. The average molecular weight is 308 g/mol. The number of carbonyl (C=O) groups is 1. The molecule has 0 saturated heterocycles. The highest BCUT2D eigenvalue weighted by Gasteiger charge is 2.15. The molecule has 2 rings (SSSR count). The Balaban J connectivity index is 2.08. The predicted octanol–water partition coefficient (Wildman–Crippen LogP) is 4.66. The fourth-order valence-corrected chi connectivity index (χ4v) is 3.65. The van der Waals surface area contributed by atoms with Crippen LogP contribution >= 0.6 is 22.7 Å². The Kier molecular flexibility index (Phi) is 4.94. The van der Waals surface area contributed by atoms with Crippen LogP contribution in [0.5, 0.6) is 0 Å². The lowest BCUT2D eigenvalue weighted by Crippen LogP contribution is -2.12. The van der Waals surface area contributed by atoms with Crippen molar-refractivity contribution in [1.29, 1.82) is 0 Å². The number of hydrogen-bond acceptors (Lipinski definition) is 4. The first kappa shape index (κ1) is 15.2. The summed E-state index contributed by atoms with van der Waals surface area (Å²) in [7, 11) is 0. The maximum absolute atomic E-state index is 12.3. The third-order valence-electron chi connectivity index (χ3n) is 3.05. The lowest BCUT2D eigenvalue weighted by Gasteiger charge is -2.07. The van der Waals surface area contributed by atoms with Crippen LogP contribution in [0.15, 0.2) is 11.4 Å². The van der Waals surface area contributed by atoms with E-state index in [-0.39, 0.29) is 5.91 Å². The average Bonchev–Trinajstić information content (AvgIpc) is 2.93. The molecule has 0 atom stereocenters. The number of thiophene rings is 1. The molecule has 0 aliphatic rings. The summed E-state index contributed by atoms with van der Waals surface area (Å²) in [5.74, 6) is 0.629. The molecule has 1 amide bonds. The van der Waals surface area contributed by atoms with E-state index in [1.165, 1.54) is 16.2 Å². The van der Waals surface area contributed by atoms with Gasteiger partial charge in [0.2, 0.25) is 0 Å². The molecule has 0 aliphatic carbocycles. The highest BCUT2D eigenvalue weighted by Crippen LogP contribution is 2.27. The monoisotopic (exact) mass is 308 g/mol. The first-order valence-electron chi connectivity index (χ1n) is 6.79. The van der Waals surface area contributed by atoms with Gasteiger partial charge in [-0.1, -0.05) is 13.8 Å². The molecule has 2 aromatic rings. The summed E-state index contributed by atoms with van der Waals surface area (Å²) in [6.07, 6.45) is 2.16. The van der Waals surface area contributed by atoms with Crippen molar-refractivity contribution in [2.24, 2.45) is 5.92 Å². The first-order chi connectivity index (χ1) is 9.47. The molecular weight excluding hydrogens is 288 g/mol. The minimum Gasteiger partial charge on any atom is -0.320 e. The van der Waals surface area contributed by atoms with Crippen LogP contribution in [0.1, 0.15) is 45.5 Å². The number of aromatic nitrogens is 1. The molecule has 0 saturated carbocycles. The summed E-state index contributed by atoms with van der Waals surface area (Å²) in [6.45, 7) is 8.24. The van der Waals surface area contributed by atoms with E-state index in [9.17, 15) is 4.79 Å². The highest BCUT2D eigenvalue weighted by atomic mass is 32.1. The first-order valence-corrected chi connectivity index (χ1v) is 8.48. The van der Waals surface area contributed by atoms with E-state index >= 15 is 0 Å². The highest BCUT2D eigenvalue weighted by molar-refractivity contribution is 7.14. The maximum atomic E-state index is 12.3. The summed E-state index contributed by atoms with van der Waals surface area (Å²) >= 11 is 3.16. The molecule has 20 heavy (non-hydrogen) atoms. The zero-order valence-electron chi connectivity index (χ0n) is 12.3. The van der Waals surface area contributed by atoms with E-state index in [1.807, 2.05) is 25.3 Å². The smallest absolute Gasteiger partial charge is 0.267 e. The molecule has 0 bridgehead atoms. The summed E-state index contributed by atoms with van der Waals surface area (Å²) in [6, 6.07) is 1.99. The maximum Gasteiger partial charge on any atom is 0.267 e. The quantitative estimate of drug-likeness (QED) is 0.872. The van der Waals surface area contributed by atoms with Gasteiger partial charge in [0.1, 0.15) is 4.88 Å². The molecule has 0 aromatic carbocycles. The molecule has 0 unspecified atom stereocenters. The number of aryl methyl sites for hydroxylation is 3. The number of carbonyl (C=O) groups excluding carboxylic acids is 1. The van der Waals surface area contributed by atoms with Gasteiger partial charge in [-0.25, -0.2) is 4.98 Å². The number of rotatable bonds is 5. The molecule has 108 valence electrons. The van der Waals surface area contributed by atoms with Gasteiger partial charge in [-0.05, 0) is 44.1 Å². The van der Waals surface area contributed by atoms with Gasteiger partial charge in [0.25, 0.3) is 5.91 Å². The standard InChI is InChI=1S/C15H20N2OS2/c1-9(2)5-6-13-12(7-8-19-13)17-15(18)14-10(3)16-11(4)20-14/h7-9H,5-6H2,1-4H3,(H,17,18). The summed E-state index contributed by atoms with van der Waals surface area (Å²) in [5, 5.41) is 5.99. The summed E-state index contributed by atoms with van der Waals surface area (Å²) in [4.78, 5) is 18.6. The van der Waals surface area contributed by atoms with E-state index in [1.54, 1.807) is 11.3 Å². The molecule has 0 radical (unpaired) electrons. The normalized spacial score (nSPS) is 11.1. The lowest BCUT2D eigenvalue weighted by atomic mass is 10.1. The Morgan fingerprint density at radius 3 is 2.75 bits per heavy atom. The number of anilines is 1. The molecule has 3 nitrogen and oxygen atoms in total. The van der Waals surface area contributed by atoms with Gasteiger partial charge in [-0.15, -0.1) is 22.7 Å². The molecule has 0 spiro atoms. The van der Waals surface area contributed by atoms with Gasteiger partial charge in [0.05, 0.1) is 16.4 Å². The molecule has 0 aliphatic heterocycles. The van der Waals surface area contributed by atoms with Gasteiger partial charge in [-0.2, -0.15) is 0 Å². The fraction of sp³-hybridized carbons (Fsp3) is 0.467. The minimum atomic E-state index is -0.0442. The second kappa shape index (κ2) is 6.50. The van der Waals surface area contributed by atoms with Crippen molar-refractivity contribution < 1.29 is 4.79 Å². The Labute approximate surface area is 128 Å². The Morgan fingerprint density at radius 2 is 2.15 bits per heavy atom. The third-order valence-corrected chi connectivity index (χ3v) is 5.10. The minimum absolute atomic E-state index is 0.0442. The second-order valence-electron chi connectivity index (χ2n) is 5.29. The summed E-state index contributed by atoms with van der Waals surface area (Å²) in [5.41, 5.74) is 1.76. The van der Waals surface area contributed by atoms with Crippen LogP contribution in [0.4, 0.5) is 5.69 Å². The van der Waals surface area contributed by atoms with Crippen LogP contribution in [0.2, 0.25) is 0 Å². The second-order valence-corrected chi connectivity index (χ2v) is 7.50. The number of nitrogens with one attached hydrogen (secondary N) is 1. The van der Waals surface area contributed by atoms with Gasteiger partial charge in [-0.3, -0.25) is 4.79 Å². The van der Waals surface area contributed by atoms with Crippen LogP contribution in [0.25, 0.3) is 0 Å². The van der Waals surface area contributed by atoms with Crippen LogP contribution in [0, 0.1) is 19.8 Å². The van der Waals surface area contributed by atoms with Crippen molar-refractivity contribution in [2.75, 3.05) is 5.32 Å². The number of hydrogen-bond donors (Lipinski definition) is 1. The zero-order valence-corrected chi connectivity index (χ0v) is 14.0. The third kappa shape index (κ3) is 3.67. The van der Waals surface area contributed by atoms with Crippen molar-refractivity contribution in [3.05, 3.63) is 31.9 Å². The Bertz CT molecular complexity index is 599. The predicted molar refractivity (Wildman–Crippen MR) is 87.0 cm³/mol. The van der Waals surface area contributed by atoms with E-state index in [4.69, 9.17) is 0 Å². The van der Waals surface area contributed by atoms with Gasteiger partial charge in [0, 0.05) is 4.88 Å². The number of nitrogens with zero attached hydrogens (tertiary/aromatic N) is 1. The van der Waals surface area contributed by atoms with E-state index in [0.29, 0.717) is 10.8 Å². The van der Waals surface area contributed by atoms with E-state index in [2.05, 4.69) is 24.1 Å². The molecule has 0 fully saturated rings. The fourth-order valence-electron chi connectivity index (χ4n) is 1.99. The zero-order chi connectivity index (χ0) is 14.7. The van der Waals surface area contributed by atoms with Crippen molar-refractivity contribution >= 4 is 34.3 Å². The van der Waals surface area contributed by atoms with Crippen LogP contribution in [-0.4, -0.2) is 10.9 Å². The Morgan fingerprint density at radius 1 is 1.40 bits per heavy atom. The number of thiazole rings is 1. The van der Waals surface area contributed by atoms with Gasteiger partial charge < -0.3 is 5.32 Å². The van der Waals surface area contributed by atoms with Crippen molar-refractivity contribution in [2.45, 2.75) is 40.5 Å². The van der Waals surface area contributed by atoms with Crippen molar-refractivity contribution in [1.82, 2.24) is 4.98 Å². The molecular formula is C15H20N2OS2. The van der Waals surface area contributed by atoms with E-state index < -0.39 is 0 Å². The van der Waals surface area contributed by atoms with Crippen molar-refractivity contribution in [3.63, 3.8) is 0 Å². The van der Waals surface area contributed by atoms with Crippen LogP contribution < -0.4 is 5.32 Å².